The van der Waals surface area contributed by atoms with Gasteiger partial charge in [0.1, 0.15) is 21.9 Å². The summed E-state index contributed by atoms with van der Waals surface area (Å²) >= 11 is 1.18. The predicted octanol–water partition coefficient (Wildman–Crippen LogP) is 5.46. The predicted molar refractivity (Wildman–Crippen MR) is 135 cm³/mol. The molecule has 0 saturated heterocycles. The van der Waals surface area contributed by atoms with E-state index in [-0.39, 0.29) is 17.6 Å². The molecule has 180 valence electrons. The van der Waals surface area contributed by atoms with Crippen LogP contribution in [0.1, 0.15) is 77.9 Å². The number of nitrogens with zero attached hydrogens (tertiary/aromatic N) is 2. The maximum atomic E-state index is 13.5. The zero-order valence-electron chi connectivity index (χ0n) is 20.1. The number of ether oxygens (including phenoxy) is 1. The van der Waals surface area contributed by atoms with Gasteiger partial charge in [-0.25, -0.2) is 9.78 Å². The summed E-state index contributed by atoms with van der Waals surface area (Å²) in [6, 6.07) is 5.09. The molecule has 8 heteroatoms. The Morgan fingerprint density at radius 2 is 1.85 bits per heavy atom. The Hall–Kier alpha value is -3.00. The molecule has 0 aliphatic heterocycles. The van der Waals surface area contributed by atoms with Crippen LogP contribution < -0.4 is 10.9 Å². The maximum absolute atomic E-state index is 13.5. The van der Waals surface area contributed by atoms with Crippen LogP contribution in [0.2, 0.25) is 0 Å². The fraction of sp³-hybridized carbons (Fsp3) is 0.462. The normalized spacial score (nSPS) is 15.3. The Morgan fingerprint density at radius 3 is 2.50 bits per heavy atom. The van der Waals surface area contributed by atoms with Gasteiger partial charge in [0.05, 0.1) is 11.7 Å². The van der Waals surface area contributed by atoms with Crippen molar-refractivity contribution in [3.8, 4) is 0 Å². The zero-order valence-corrected chi connectivity index (χ0v) is 21.0. The molecular weight excluding hydrogens is 450 g/mol. The molecule has 1 atom stereocenters. The van der Waals surface area contributed by atoms with E-state index in [1.807, 2.05) is 39.0 Å². The van der Waals surface area contributed by atoms with Gasteiger partial charge in [0, 0.05) is 5.69 Å². The number of carbonyl (C=O) groups is 2. The monoisotopic (exact) mass is 481 g/mol. The van der Waals surface area contributed by atoms with E-state index in [0.29, 0.717) is 27.1 Å². The molecule has 0 spiro atoms. The fourth-order valence-corrected chi connectivity index (χ4v) is 5.69. The minimum atomic E-state index is -0.722. The van der Waals surface area contributed by atoms with Crippen LogP contribution in [0.4, 0.5) is 5.69 Å². The Labute approximate surface area is 203 Å². The first kappa shape index (κ1) is 24.1. The molecule has 7 nitrogen and oxygen atoms in total. The average Bonchev–Trinajstić information content (AvgIpc) is 3.16. The molecule has 34 heavy (non-hydrogen) atoms. The highest BCUT2D eigenvalue weighted by Crippen LogP contribution is 2.30. The molecule has 2 aromatic heterocycles. The minimum absolute atomic E-state index is 0.0615. The van der Waals surface area contributed by atoms with Crippen molar-refractivity contribution in [2.24, 2.45) is 0 Å². The topological polar surface area (TPSA) is 90.3 Å². The number of rotatable bonds is 6. The van der Waals surface area contributed by atoms with Crippen LogP contribution in [0, 0.1) is 20.8 Å². The SMILES string of the molecule is CCC(C(=O)Nc1c(C)cccc1C)n1cnc2sc(C(=O)OC3CCCCC3)c(C)c2c1=O. The number of anilines is 1. The summed E-state index contributed by atoms with van der Waals surface area (Å²) in [5, 5.41) is 3.37. The number of thiophene rings is 1. The number of carbonyl (C=O) groups excluding carboxylic acids is 2. The lowest BCUT2D eigenvalue weighted by Crippen LogP contribution is -2.33. The third kappa shape index (κ3) is 4.64. The highest BCUT2D eigenvalue weighted by atomic mass is 32.1. The van der Waals surface area contributed by atoms with Crippen molar-refractivity contribution in [2.75, 3.05) is 5.32 Å². The van der Waals surface area contributed by atoms with Crippen LogP contribution in [0.15, 0.2) is 29.3 Å². The Bertz CT molecular complexity index is 1270. The number of para-hydroxylation sites is 1. The molecule has 3 aromatic rings. The summed E-state index contributed by atoms with van der Waals surface area (Å²) in [7, 11) is 0. The molecule has 1 amide bonds. The zero-order chi connectivity index (χ0) is 24.4. The number of esters is 1. The van der Waals surface area contributed by atoms with E-state index in [0.717, 1.165) is 42.5 Å². The van der Waals surface area contributed by atoms with E-state index in [1.165, 1.54) is 28.7 Å². The summed E-state index contributed by atoms with van der Waals surface area (Å²) in [5.41, 5.74) is 2.92. The number of benzene rings is 1. The summed E-state index contributed by atoms with van der Waals surface area (Å²) < 4.78 is 7.10. The molecule has 0 radical (unpaired) electrons. The number of hydrogen-bond donors (Lipinski definition) is 1. The van der Waals surface area contributed by atoms with Crippen molar-refractivity contribution in [1.82, 2.24) is 9.55 Å². The average molecular weight is 482 g/mol. The van der Waals surface area contributed by atoms with Gasteiger partial charge in [0.2, 0.25) is 5.91 Å². The molecular formula is C26H31N3O4S. The molecule has 1 aliphatic rings. The molecule has 4 rings (SSSR count). The van der Waals surface area contributed by atoms with Gasteiger partial charge in [-0.2, -0.15) is 0 Å². The highest BCUT2D eigenvalue weighted by molar-refractivity contribution is 7.20. The van der Waals surface area contributed by atoms with Crippen molar-refractivity contribution in [1.29, 1.82) is 0 Å². The van der Waals surface area contributed by atoms with Crippen LogP contribution in [0.5, 0.6) is 0 Å². The van der Waals surface area contributed by atoms with E-state index in [1.54, 1.807) is 6.92 Å². The van der Waals surface area contributed by atoms with E-state index in [9.17, 15) is 14.4 Å². The summed E-state index contributed by atoms with van der Waals surface area (Å²) in [6.07, 6.45) is 6.85. The lowest BCUT2D eigenvalue weighted by atomic mass is 9.98. The minimum Gasteiger partial charge on any atom is -0.458 e. The molecule has 1 aliphatic carbocycles. The molecule has 2 heterocycles. The van der Waals surface area contributed by atoms with Gasteiger partial charge in [-0.05, 0) is 69.6 Å². The third-order valence-corrected chi connectivity index (χ3v) is 7.82. The van der Waals surface area contributed by atoms with Crippen LogP contribution >= 0.6 is 11.3 Å². The second-order valence-electron chi connectivity index (χ2n) is 9.04. The van der Waals surface area contributed by atoms with Crippen molar-refractivity contribution in [3.63, 3.8) is 0 Å². The molecule has 1 aromatic carbocycles. The van der Waals surface area contributed by atoms with Gasteiger partial charge >= 0.3 is 5.97 Å². The van der Waals surface area contributed by atoms with Crippen molar-refractivity contribution in [2.45, 2.75) is 78.4 Å². The molecule has 1 fully saturated rings. The molecule has 1 unspecified atom stereocenters. The number of fused-ring (bicyclic) bond motifs is 1. The van der Waals surface area contributed by atoms with Crippen LogP contribution in [0.3, 0.4) is 0 Å². The molecule has 1 N–H and O–H groups in total. The number of amides is 1. The van der Waals surface area contributed by atoms with Crippen LogP contribution in [-0.4, -0.2) is 27.5 Å². The maximum Gasteiger partial charge on any atom is 0.348 e. The first-order valence-electron chi connectivity index (χ1n) is 11.9. The second-order valence-corrected chi connectivity index (χ2v) is 10.0. The first-order chi connectivity index (χ1) is 16.3. The summed E-state index contributed by atoms with van der Waals surface area (Å²) in [4.78, 5) is 44.8. The second kappa shape index (κ2) is 10.1. The number of hydrogen-bond acceptors (Lipinski definition) is 6. The summed E-state index contributed by atoms with van der Waals surface area (Å²) in [5.74, 6) is -0.661. The Balaban J connectivity index is 1.64. The van der Waals surface area contributed by atoms with Crippen LogP contribution in [-0.2, 0) is 9.53 Å². The largest absolute Gasteiger partial charge is 0.458 e. The molecule has 1 saturated carbocycles. The first-order valence-corrected chi connectivity index (χ1v) is 12.7. The van der Waals surface area contributed by atoms with Crippen LogP contribution in [0.25, 0.3) is 10.2 Å². The quantitative estimate of drug-likeness (QED) is 0.472. The third-order valence-electron chi connectivity index (χ3n) is 6.64. The fourth-order valence-electron chi connectivity index (χ4n) is 4.67. The Kier molecular flexibility index (Phi) is 7.16. The van der Waals surface area contributed by atoms with E-state index in [4.69, 9.17) is 4.74 Å². The summed E-state index contributed by atoms with van der Waals surface area (Å²) in [6.45, 7) is 7.48. The van der Waals surface area contributed by atoms with Gasteiger partial charge in [-0.15, -0.1) is 11.3 Å². The Morgan fingerprint density at radius 1 is 1.18 bits per heavy atom. The van der Waals surface area contributed by atoms with E-state index >= 15 is 0 Å². The number of aromatic nitrogens is 2. The van der Waals surface area contributed by atoms with E-state index in [2.05, 4.69) is 10.3 Å². The smallest absolute Gasteiger partial charge is 0.348 e. The van der Waals surface area contributed by atoms with Gasteiger partial charge in [-0.1, -0.05) is 31.5 Å². The lowest BCUT2D eigenvalue weighted by Gasteiger charge is -2.21. The highest BCUT2D eigenvalue weighted by Gasteiger charge is 2.27. The van der Waals surface area contributed by atoms with E-state index < -0.39 is 12.0 Å². The standard InChI is InChI=1S/C26H31N3O4S/c1-5-19(23(30)28-21-15(2)10-9-11-16(21)3)29-14-27-24-20(25(29)31)17(4)22(34-24)26(32)33-18-12-7-6-8-13-18/h9-11,14,18-19H,5-8,12-13H2,1-4H3,(H,28,30). The van der Waals surface area contributed by atoms with Gasteiger partial charge in [0.25, 0.3) is 5.56 Å². The molecule has 0 bridgehead atoms. The van der Waals surface area contributed by atoms with Gasteiger partial charge < -0.3 is 10.1 Å². The van der Waals surface area contributed by atoms with Crippen molar-refractivity contribution >= 4 is 39.1 Å². The van der Waals surface area contributed by atoms with Gasteiger partial charge in [-0.3, -0.25) is 14.2 Å². The van der Waals surface area contributed by atoms with Gasteiger partial charge in [0.15, 0.2) is 0 Å². The number of aryl methyl sites for hydroxylation is 3. The van der Waals surface area contributed by atoms with Crippen molar-refractivity contribution in [3.05, 3.63) is 56.4 Å². The van der Waals surface area contributed by atoms with Crippen molar-refractivity contribution < 1.29 is 14.3 Å². The number of nitrogens with one attached hydrogen (secondary N) is 1. The lowest BCUT2D eigenvalue weighted by molar-refractivity contribution is -0.119.